The van der Waals surface area contributed by atoms with E-state index < -0.39 is 26.0 Å². The van der Waals surface area contributed by atoms with Crippen LogP contribution in [0.4, 0.5) is 17.1 Å². The van der Waals surface area contributed by atoms with E-state index in [1.807, 2.05) is 26.8 Å². The van der Waals surface area contributed by atoms with Crippen molar-refractivity contribution in [2.24, 2.45) is 0 Å². The number of amides is 1. The lowest BCUT2D eigenvalue weighted by Gasteiger charge is -2.27. The second-order valence-electron chi connectivity index (χ2n) is 10.9. The summed E-state index contributed by atoms with van der Waals surface area (Å²) in [7, 11) is -8.00. The molecule has 5 aromatic carbocycles. The van der Waals surface area contributed by atoms with Crippen LogP contribution in [-0.4, -0.2) is 22.7 Å². The van der Waals surface area contributed by atoms with Gasteiger partial charge in [-0.25, -0.2) is 16.8 Å². The van der Waals surface area contributed by atoms with E-state index in [1.54, 1.807) is 66.7 Å². The van der Waals surface area contributed by atoms with Crippen LogP contribution in [0.15, 0.2) is 125 Å². The molecule has 46 heavy (non-hydrogen) atoms. The minimum Gasteiger partial charge on any atom is -0.322 e. The van der Waals surface area contributed by atoms with Gasteiger partial charge < -0.3 is 5.32 Å². The number of hydrogen-bond acceptors (Lipinski definition) is 5. The summed E-state index contributed by atoms with van der Waals surface area (Å²) in [5.41, 5.74) is 4.63. The number of sulfonamides is 2. The van der Waals surface area contributed by atoms with Crippen LogP contribution in [-0.2, 0) is 26.6 Å². The van der Waals surface area contributed by atoms with Crippen LogP contribution in [0, 0.1) is 20.8 Å². The number of aryl methyl sites for hydroxylation is 3. The van der Waals surface area contributed by atoms with Gasteiger partial charge in [-0.1, -0.05) is 59.6 Å². The number of hydrogen-bond donors (Lipinski definition) is 2. The number of halogens is 1. The lowest BCUT2D eigenvalue weighted by molar-refractivity contribution is 0.102. The van der Waals surface area contributed by atoms with E-state index in [0.29, 0.717) is 22.0 Å². The van der Waals surface area contributed by atoms with E-state index in [2.05, 4.69) is 10.0 Å². The Morgan fingerprint density at radius 2 is 1.30 bits per heavy atom. The average Bonchev–Trinajstić information content (AvgIpc) is 3.03. The highest BCUT2D eigenvalue weighted by atomic mass is 35.5. The third kappa shape index (κ3) is 7.42. The molecule has 0 radical (unpaired) electrons. The van der Waals surface area contributed by atoms with E-state index in [4.69, 9.17) is 11.6 Å². The number of anilines is 3. The van der Waals surface area contributed by atoms with Gasteiger partial charge in [0.2, 0.25) is 0 Å². The Kier molecular flexibility index (Phi) is 9.52. The van der Waals surface area contributed by atoms with Crippen LogP contribution >= 0.6 is 11.6 Å². The van der Waals surface area contributed by atoms with E-state index in [1.165, 1.54) is 46.8 Å². The fourth-order valence-electron chi connectivity index (χ4n) is 4.71. The van der Waals surface area contributed by atoms with Crippen LogP contribution in [0.5, 0.6) is 0 Å². The van der Waals surface area contributed by atoms with E-state index >= 15 is 0 Å². The standard InChI is InChI=1S/C35H32ClN3O5S2/c1-24-8-18-32(19-9-24)46(43,44)39(23-27-11-13-28(36)14-12-27)34-7-5-4-6-33(34)35(40)37-29-16-20-31(21-17-29)45(41,42)38-30-15-10-25(2)26(3)22-30/h4-22,38H,23H2,1-3H3,(H,37,40). The fourth-order valence-corrected chi connectivity index (χ4v) is 7.36. The van der Waals surface area contributed by atoms with Crippen molar-refractivity contribution in [3.63, 3.8) is 0 Å². The maximum atomic E-state index is 14.1. The number of carbonyl (C=O) groups excluding carboxylic acids is 1. The van der Waals surface area contributed by atoms with E-state index in [-0.39, 0.29) is 27.6 Å². The van der Waals surface area contributed by atoms with Gasteiger partial charge in [0.25, 0.3) is 26.0 Å². The predicted octanol–water partition coefficient (Wildman–Crippen LogP) is 7.71. The molecule has 0 saturated carbocycles. The van der Waals surface area contributed by atoms with Crippen LogP contribution in [0.3, 0.4) is 0 Å². The number of para-hydroxylation sites is 1. The molecule has 0 unspecified atom stereocenters. The number of nitrogens with zero attached hydrogens (tertiary/aromatic N) is 1. The molecule has 236 valence electrons. The molecule has 0 fully saturated rings. The summed E-state index contributed by atoms with van der Waals surface area (Å²) in [5, 5.41) is 3.28. The third-order valence-electron chi connectivity index (χ3n) is 7.45. The first kappa shape index (κ1) is 32.7. The molecule has 1 amide bonds. The lowest BCUT2D eigenvalue weighted by atomic mass is 10.1. The van der Waals surface area contributed by atoms with E-state index in [0.717, 1.165) is 16.7 Å². The Bertz CT molecular complexity index is 2100. The van der Waals surface area contributed by atoms with Crippen molar-refractivity contribution in [2.75, 3.05) is 14.3 Å². The molecule has 5 aromatic rings. The number of carbonyl (C=O) groups is 1. The fraction of sp³-hybridized carbons (Fsp3) is 0.114. The van der Waals surface area contributed by atoms with Gasteiger partial charge >= 0.3 is 0 Å². The van der Waals surface area contributed by atoms with Crippen molar-refractivity contribution in [2.45, 2.75) is 37.1 Å². The Hall–Kier alpha value is -4.64. The van der Waals surface area contributed by atoms with Gasteiger partial charge in [0.1, 0.15) is 0 Å². The first-order valence-electron chi connectivity index (χ1n) is 14.3. The molecule has 2 N–H and O–H groups in total. The van der Waals surface area contributed by atoms with Crippen molar-refractivity contribution < 1.29 is 21.6 Å². The Balaban J connectivity index is 1.43. The maximum Gasteiger partial charge on any atom is 0.264 e. The zero-order valence-corrected chi connectivity index (χ0v) is 27.7. The number of nitrogens with one attached hydrogen (secondary N) is 2. The van der Waals surface area contributed by atoms with Gasteiger partial charge in [0.05, 0.1) is 27.6 Å². The smallest absolute Gasteiger partial charge is 0.264 e. The molecule has 0 spiro atoms. The molecule has 0 aromatic heterocycles. The van der Waals surface area contributed by atoms with Gasteiger partial charge in [0, 0.05) is 16.4 Å². The Labute approximate surface area is 274 Å². The van der Waals surface area contributed by atoms with Crippen LogP contribution in [0.2, 0.25) is 5.02 Å². The molecule has 0 atom stereocenters. The topological polar surface area (TPSA) is 113 Å². The van der Waals surface area contributed by atoms with E-state index in [9.17, 15) is 21.6 Å². The van der Waals surface area contributed by atoms with Gasteiger partial charge in [-0.05, 0) is 110 Å². The Morgan fingerprint density at radius 1 is 0.696 bits per heavy atom. The normalized spacial score (nSPS) is 11.6. The van der Waals surface area contributed by atoms with Crippen LogP contribution in [0.25, 0.3) is 0 Å². The summed E-state index contributed by atoms with van der Waals surface area (Å²) >= 11 is 6.07. The number of benzene rings is 5. The summed E-state index contributed by atoms with van der Waals surface area (Å²) in [4.78, 5) is 13.7. The molecule has 0 saturated heterocycles. The lowest BCUT2D eigenvalue weighted by Crippen LogP contribution is -2.32. The van der Waals surface area contributed by atoms with Gasteiger partial charge in [-0.2, -0.15) is 0 Å². The molecular weight excluding hydrogens is 642 g/mol. The zero-order chi connectivity index (χ0) is 33.1. The summed E-state index contributed by atoms with van der Waals surface area (Å²) in [6.07, 6.45) is 0. The third-order valence-corrected chi connectivity index (χ3v) is 10.9. The molecule has 5 rings (SSSR count). The van der Waals surface area contributed by atoms with Crippen molar-refractivity contribution >= 4 is 54.6 Å². The monoisotopic (exact) mass is 673 g/mol. The summed E-state index contributed by atoms with van der Waals surface area (Å²) in [6, 6.07) is 30.7. The maximum absolute atomic E-state index is 14.1. The van der Waals surface area contributed by atoms with Crippen molar-refractivity contribution in [3.8, 4) is 0 Å². The summed E-state index contributed by atoms with van der Waals surface area (Å²) in [5.74, 6) is -0.570. The Morgan fingerprint density at radius 3 is 1.96 bits per heavy atom. The van der Waals surface area contributed by atoms with Crippen LogP contribution < -0.4 is 14.3 Å². The van der Waals surface area contributed by atoms with Crippen molar-refractivity contribution in [1.82, 2.24) is 0 Å². The molecule has 0 aliphatic heterocycles. The first-order valence-corrected chi connectivity index (χ1v) is 17.6. The highest BCUT2D eigenvalue weighted by Crippen LogP contribution is 2.31. The quantitative estimate of drug-likeness (QED) is 0.158. The van der Waals surface area contributed by atoms with Gasteiger partial charge in [-0.3, -0.25) is 13.8 Å². The van der Waals surface area contributed by atoms with Gasteiger partial charge in [-0.15, -0.1) is 0 Å². The minimum atomic E-state index is -4.11. The molecule has 0 aliphatic rings. The largest absolute Gasteiger partial charge is 0.322 e. The van der Waals surface area contributed by atoms with Gasteiger partial charge in [0.15, 0.2) is 0 Å². The molecule has 8 nitrogen and oxygen atoms in total. The molecule has 11 heteroatoms. The molecule has 0 heterocycles. The highest BCUT2D eigenvalue weighted by Gasteiger charge is 2.29. The average molecular weight is 674 g/mol. The van der Waals surface area contributed by atoms with Crippen LogP contribution in [0.1, 0.15) is 32.6 Å². The van der Waals surface area contributed by atoms with Crippen molar-refractivity contribution in [3.05, 3.63) is 148 Å². The minimum absolute atomic E-state index is 0.0162. The SMILES string of the molecule is Cc1ccc(S(=O)(=O)N(Cc2ccc(Cl)cc2)c2ccccc2C(=O)Nc2ccc(S(=O)(=O)Nc3ccc(C)c(C)c3)cc2)cc1. The second-order valence-corrected chi connectivity index (χ2v) is 14.8. The molecular formula is C35H32ClN3O5S2. The first-order chi connectivity index (χ1) is 21.8. The molecule has 0 bridgehead atoms. The highest BCUT2D eigenvalue weighted by molar-refractivity contribution is 7.93. The van der Waals surface area contributed by atoms with Crippen molar-refractivity contribution in [1.29, 1.82) is 0 Å². The number of rotatable bonds is 10. The molecule has 0 aliphatic carbocycles. The zero-order valence-electron chi connectivity index (χ0n) is 25.4. The predicted molar refractivity (Wildman–Crippen MR) is 184 cm³/mol. The summed E-state index contributed by atoms with van der Waals surface area (Å²) in [6.45, 7) is 5.65. The second kappa shape index (κ2) is 13.4. The summed E-state index contributed by atoms with van der Waals surface area (Å²) < 4.78 is 57.9.